The Hall–Kier alpha value is -4.37. The van der Waals surface area contributed by atoms with Crippen LogP contribution in [0.1, 0.15) is 33.2 Å². The molecule has 0 unspecified atom stereocenters. The molecule has 0 fully saturated rings. The second-order valence-corrected chi connectivity index (χ2v) is 7.62. The molecule has 0 saturated carbocycles. The predicted octanol–water partition coefficient (Wildman–Crippen LogP) is 3.85. The molecule has 36 heavy (non-hydrogen) atoms. The Labute approximate surface area is 213 Å². The fourth-order valence-electron chi connectivity index (χ4n) is 2.98. The van der Waals surface area contributed by atoms with Crippen molar-refractivity contribution in [2.24, 2.45) is 5.10 Å². The van der Waals surface area contributed by atoms with Crippen molar-refractivity contribution in [1.29, 1.82) is 0 Å². The van der Waals surface area contributed by atoms with Crippen LogP contribution in [0.5, 0.6) is 17.2 Å². The Morgan fingerprint density at radius 3 is 2.44 bits per heavy atom. The zero-order valence-corrected chi connectivity index (χ0v) is 20.4. The van der Waals surface area contributed by atoms with Crippen LogP contribution in [-0.2, 0) is 4.79 Å². The van der Waals surface area contributed by atoms with E-state index in [4.69, 9.17) is 25.8 Å². The number of benzene rings is 3. The molecule has 2 N–H and O–H groups in total. The lowest BCUT2D eigenvalue weighted by atomic mass is 10.2. The van der Waals surface area contributed by atoms with E-state index >= 15 is 0 Å². The van der Waals surface area contributed by atoms with Crippen LogP contribution in [0.2, 0.25) is 5.02 Å². The third-order valence-electron chi connectivity index (χ3n) is 4.72. The van der Waals surface area contributed by atoms with Gasteiger partial charge in [-0.15, -0.1) is 0 Å². The average molecular weight is 510 g/mol. The van der Waals surface area contributed by atoms with E-state index in [1.807, 2.05) is 6.92 Å². The van der Waals surface area contributed by atoms with Crippen LogP contribution in [-0.4, -0.2) is 44.3 Å². The summed E-state index contributed by atoms with van der Waals surface area (Å²) in [4.78, 5) is 36.6. The van der Waals surface area contributed by atoms with Crippen LogP contribution in [0.15, 0.2) is 71.8 Å². The van der Waals surface area contributed by atoms with E-state index in [9.17, 15) is 14.4 Å². The molecular weight excluding hydrogens is 486 g/mol. The summed E-state index contributed by atoms with van der Waals surface area (Å²) < 4.78 is 16.1. The van der Waals surface area contributed by atoms with Crippen LogP contribution < -0.4 is 25.0 Å². The summed E-state index contributed by atoms with van der Waals surface area (Å²) >= 11 is 5.97. The molecule has 0 aliphatic rings. The second-order valence-electron chi connectivity index (χ2n) is 7.21. The first-order valence-corrected chi connectivity index (χ1v) is 11.3. The number of nitrogens with zero attached hydrogens (tertiary/aromatic N) is 1. The van der Waals surface area contributed by atoms with Gasteiger partial charge in [0.2, 0.25) is 0 Å². The summed E-state index contributed by atoms with van der Waals surface area (Å²) in [6.07, 6.45) is 1.38. The molecule has 0 saturated heterocycles. The number of carbonyl (C=O) groups is 3. The van der Waals surface area contributed by atoms with Crippen LogP contribution in [0.25, 0.3) is 0 Å². The zero-order valence-electron chi connectivity index (χ0n) is 19.6. The molecule has 3 aromatic rings. The molecule has 186 valence electrons. The van der Waals surface area contributed by atoms with Gasteiger partial charge in [-0.25, -0.2) is 10.2 Å². The lowest BCUT2D eigenvalue weighted by Gasteiger charge is -2.10. The average Bonchev–Trinajstić information content (AvgIpc) is 2.89. The monoisotopic (exact) mass is 509 g/mol. The van der Waals surface area contributed by atoms with Crippen molar-refractivity contribution in [2.75, 3.05) is 20.3 Å². The molecule has 0 aliphatic heterocycles. The van der Waals surface area contributed by atoms with Gasteiger partial charge in [0.1, 0.15) is 5.75 Å². The Bertz CT molecular complexity index is 1260. The summed E-state index contributed by atoms with van der Waals surface area (Å²) in [6, 6.07) is 17.9. The number of amides is 2. The number of ether oxygens (including phenoxy) is 3. The Morgan fingerprint density at radius 2 is 1.75 bits per heavy atom. The molecule has 3 aromatic carbocycles. The summed E-state index contributed by atoms with van der Waals surface area (Å²) in [7, 11) is 1.44. The van der Waals surface area contributed by atoms with Crippen LogP contribution in [0.3, 0.4) is 0 Å². The van der Waals surface area contributed by atoms with Crippen LogP contribution >= 0.6 is 11.6 Å². The molecule has 0 aromatic heterocycles. The number of methoxy groups -OCH3 is 1. The molecule has 2 amide bonds. The van der Waals surface area contributed by atoms with E-state index in [-0.39, 0.29) is 22.9 Å². The molecular formula is C26H24ClN3O6. The van der Waals surface area contributed by atoms with Gasteiger partial charge in [-0.05, 0) is 67.1 Å². The lowest BCUT2D eigenvalue weighted by molar-refractivity contribution is -0.120. The maximum Gasteiger partial charge on any atom is 0.343 e. The first-order chi connectivity index (χ1) is 17.4. The number of hydrogen-bond acceptors (Lipinski definition) is 7. The number of nitrogens with one attached hydrogen (secondary N) is 2. The van der Waals surface area contributed by atoms with Crippen molar-refractivity contribution >= 4 is 35.6 Å². The number of rotatable bonds is 10. The maximum absolute atomic E-state index is 12.5. The van der Waals surface area contributed by atoms with Gasteiger partial charge in [0.05, 0.1) is 42.6 Å². The zero-order chi connectivity index (χ0) is 25.9. The predicted molar refractivity (Wildman–Crippen MR) is 135 cm³/mol. The fourth-order valence-corrected chi connectivity index (χ4v) is 3.20. The Kier molecular flexibility index (Phi) is 9.41. The maximum atomic E-state index is 12.5. The standard InChI is InChI=1S/C26H24ClN3O6/c1-3-35-19-11-9-18(10-12-19)26(33)36-22-13-8-17(14-23(22)34-2)15-29-30-24(31)16-28-25(32)20-6-4-5-7-21(20)27/h4-15H,3,16H2,1-2H3,(H,28,32)(H,30,31). The third kappa shape index (κ3) is 7.31. The van der Waals surface area contributed by atoms with E-state index in [1.165, 1.54) is 13.3 Å². The summed E-state index contributed by atoms with van der Waals surface area (Å²) in [6.45, 7) is 2.12. The minimum absolute atomic E-state index is 0.222. The van der Waals surface area contributed by atoms with E-state index < -0.39 is 17.8 Å². The van der Waals surface area contributed by atoms with Crippen molar-refractivity contribution in [3.63, 3.8) is 0 Å². The van der Waals surface area contributed by atoms with Gasteiger partial charge in [-0.2, -0.15) is 5.10 Å². The number of halogens is 1. The van der Waals surface area contributed by atoms with Gasteiger partial charge in [-0.1, -0.05) is 23.7 Å². The highest BCUT2D eigenvalue weighted by Crippen LogP contribution is 2.28. The van der Waals surface area contributed by atoms with Crippen molar-refractivity contribution in [3.05, 3.63) is 88.4 Å². The highest BCUT2D eigenvalue weighted by atomic mass is 35.5. The van der Waals surface area contributed by atoms with E-state index in [2.05, 4.69) is 15.8 Å². The number of hydrazone groups is 1. The summed E-state index contributed by atoms with van der Waals surface area (Å²) in [5.74, 6) is -0.370. The quantitative estimate of drug-likeness (QED) is 0.186. The first kappa shape index (κ1) is 26.2. The van der Waals surface area contributed by atoms with Gasteiger partial charge >= 0.3 is 5.97 Å². The molecule has 0 spiro atoms. The van der Waals surface area contributed by atoms with Gasteiger partial charge in [-0.3, -0.25) is 9.59 Å². The van der Waals surface area contributed by atoms with E-state index in [1.54, 1.807) is 66.7 Å². The van der Waals surface area contributed by atoms with Gasteiger partial charge in [0.15, 0.2) is 11.5 Å². The molecule has 3 rings (SSSR count). The molecule has 9 nitrogen and oxygen atoms in total. The van der Waals surface area contributed by atoms with Crippen LogP contribution in [0, 0.1) is 0 Å². The molecule has 0 atom stereocenters. The fraction of sp³-hybridized carbons (Fsp3) is 0.154. The number of hydrogen-bond donors (Lipinski definition) is 2. The second kappa shape index (κ2) is 12.9. The van der Waals surface area contributed by atoms with Gasteiger partial charge in [0, 0.05) is 0 Å². The first-order valence-electron chi connectivity index (χ1n) is 10.9. The van der Waals surface area contributed by atoms with E-state index in [0.29, 0.717) is 29.2 Å². The molecule has 0 radical (unpaired) electrons. The minimum atomic E-state index is -0.552. The highest BCUT2D eigenvalue weighted by molar-refractivity contribution is 6.33. The normalized spacial score (nSPS) is 10.5. The molecule has 10 heteroatoms. The molecule has 0 heterocycles. The molecule has 0 aliphatic carbocycles. The topological polar surface area (TPSA) is 115 Å². The van der Waals surface area contributed by atoms with Gasteiger partial charge in [0.25, 0.3) is 11.8 Å². The number of esters is 1. The van der Waals surface area contributed by atoms with Crippen molar-refractivity contribution < 1.29 is 28.6 Å². The van der Waals surface area contributed by atoms with Crippen LogP contribution in [0.4, 0.5) is 0 Å². The van der Waals surface area contributed by atoms with E-state index in [0.717, 1.165) is 0 Å². The Morgan fingerprint density at radius 1 is 1.00 bits per heavy atom. The van der Waals surface area contributed by atoms with Gasteiger partial charge < -0.3 is 19.5 Å². The number of carbonyl (C=O) groups excluding carboxylic acids is 3. The lowest BCUT2D eigenvalue weighted by Crippen LogP contribution is -2.35. The van der Waals surface area contributed by atoms with Crippen molar-refractivity contribution in [3.8, 4) is 17.2 Å². The summed E-state index contributed by atoms with van der Waals surface area (Å²) in [5, 5.41) is 6.63. The molecule has 0 bridgehead atoms. The van der Waals surface area contributed by atoms with Crippen molar-refractivity contribution in [2.45, 2.75) is 6.92 Å². The highest BCUT2D eigenvalue weighted by Gasteiger charge is 2.14. The summed E-state index contributed by atoms with van der Waals surface area (Å²) in [5.41, 5.74) is 3.52. The Balaban J connectivity index is 1.54. The third-order valence-corrected chi connectivity index (χ3v) is 5.05. The van der Waals surface area contributed by atoms with Crippen molar-refractivity contribution in [1.82, 2.24) is 10.7 Å². The minimum Gasteiger partial charge on any atom is -0.494 e. The smallest absolute Gasteiger partial charge is 0.343 e. The SMILES string of the molecule is CCOc1ccc(C(=O)Oc2ccc(C=NNC(=O)CNC(=O)c3ccccc3Cl)cc2OC)cc1. The largest absolute Gasteiger partial charge is 0.494 e.